The van der Waals surface area contributed by atoms with Crippen LogP contribution in [0.4, 0.5) is 5.69 Å². The normalized spacial score (nSPS) is 25.9. The first-order valence-electron chi connectivity index (χ1n) is 9.70. The second kappa shape index (κ2) is 7.93. The number of amides is 2. The van der Waals surface area contributed by atoms with E-state index in [0.29, 0.717) is 33.3 Å². The van der Waals surface area contributed by atoms with Gasteiger partial charge in [0.05, 0.1) is 10.6 Å². The van der Waals surface area contributed by atoms with Gasteiger partial charge in [-0.3, -0.25) is 14.5 Å². The van der Waals surface area contributed by atoms with Gasteiger partial charge in [0.25, 0.3) is 5.91 Å². The average molecular weight is 400 g/mol. The van der Waals surface area contributed by atoms with E-state index in [9.17, 15) is 9.59 Å². The predicted molar refractivity (Wildman–Crippen MR) is 110 cm³/mol. The molecule has 28 heavy (non-hydrogen) atoms. The Balaban J connectivity index is 1.43. The summed E-state index contributed by atoms with van der Waals surface area (Å²) in [7, 11) is 0. The molecule has 1 aromatic carbocycles. The fourth-order valence-electron chi connectivity index (χ4n) is 4.22. The predicted octanol–water partition coefficient (Wildman–Crippen LogP) is 3.71. The van der Waals surface area contributed by atoms with Crippen LogP contribution in [-0.2, 0) is 4.79 Å². The number of thiophene rings is 1. The van der Waals surface area contributed by atoms with Crippen LogP contribution in [-0.4, -0.2) is 41.9 Å². The molecule has 0 aliphatic carbocycles. The van der Waals surface area contributed by atoms with Crippen LogP contribution in [0.2, 0.25) is 0 Å². The number of ether oxygens (including phenoxy) is 1. The molecular weight excluding hydrogens is 374 g/mol. The Labute approximate surface area is 168 Å². The number of carbonyl (C=O) groups excluding carboxylic acids is 2. The standard InChI is InChI=1S/C21H25N3O3S/c1-13-20(15-9-11-24(13)12-10-15)23-21(26)18-7-8-19(28-18)27-17-6-4-3-5-16(17)22-14(2)25/h3-8,13,15,20H,9-12H2,1-2H3,(H,22,25)(H,23,26). The summed E-state index contributed by atoms with van der Waals surface area (Å²) in [6.07, 6.45) is 2.32. The number of hydrogen-bond acceptors (Lipinski definition) is 5. The van der Waals surface area contributed by atoms with Crippen LogP contribution in [0, 0.1) is 5.92 Å². The molecule has 3 fully saturated rings. The number of anilines is 1. The third-order valence-electron chi connectivity index (χ3n) is 5.69. The van der Waals surface area contributed by atoms with Crippen LogP contribution in [0.25, 0.3) is 0 Å². The van der Waals surface area contributed by atoms with Gasteiger partial charge in [0.2, 0.25) is 5.91 Å². The van der Waals surface area contributed by atoms with E-state index in [1.165, 1.54) is 18.3 Å². The molecular formula is C21H25N3O3S. The first-order chi connectivity index (χ1) is 13.5. The fourth-order valence-corrected chi connectivity index (χ4v) is 4.99. The highest BCUT2D eigenvalue weighted by Crippen LogP contribution is 2.35. The van der Waals surface area contributed by atoms with Crippen molar-refractivity contribution in [3.05, 3.63) is 41.3 Å². The third kappa shape index (κ3) is 3.91. The molecule has 6 nitrogen and oxygen atoms in total. The van der Waals surface area contributed by atoms with Crippen LogP contribution < -0.4 is 15.4 Å². The van der Waals surface area contributed by atoms with Crippen LogP contribution >= 0.6 is 11.3 Å². The van der Waals surface area contributed by atoms with Gasteiger partial charge in [0, 0.05) is 19.0 Å². The first-order valence-corrected chi connectivity index (χ1v) is 10.5. The van der Waals surface area contributed by atoms with Gasteiger partial charge >= 0.3 is 0 Å². The van der Waals surface area contributed by atoms with Crippen LogP contribution in [0.15, 0.2) is 36.4 Å². The molecule has 3 saturated heterocycles. The molecule has 2 bridgehead atoms. The van der Waals surface area contributed by atoms with E-state index in [2.05, 4.69) is 22.5 Å². The van der Waals surface area contributed by atoms with Crippen molar-refractivity contribution in [2.24, 2.45) is 5.92 Å². The third-order valence-corrected chi connectivity index (χ3v) is 6.65. The summed E-state index contributed by atoms with van der Waals surface area (Å²) in [4.78, 5) is 27.2. The molecule has 3 aliphatic rings. The molecule has 0 spiro atoms. The van der Waals surface area contributed by atoms with Gasteiger partial charge in [-0.05, 0) is 63.0 Å². The lowest BCUT2D eigenvalue weighted by Gasteiger charge is -2.49. The Morgan fingerprint density at radius 3 is 2.61 bits per heavy atom. The molecule has 2 aromatic rings. The summed E-state index contributed by atoms with van der Waals surface area (Å²) < 4.78 is 5.92. The van der Waals surface area contributed by atoms with Gasteiger partial charge in [-0.15, -0.1) is 0 Å². The zero-order valence-corrected chi connectivity index (χ0v) is 16.9. The fraction of sp³-hybridized carbons (Fsp3) is 0.429. The zero-order valence-electron chi connectivity index (χ0n) is 16.1. The summed E-state index contributed by atoms with van der Waals surface area (Å²) in [5, 5.41) is 6.62. The molecule has 4 heterocycles. The molecule has 3 aliphatic heterocycles. The van der Waals surface area contributed by atoms with Gasteiger partial charge in [0.1, 0.15) is 0 Å². The monoisotopic (exact) mass is 399 g/mol. The molecule has 0 radical (unpaired) electrons. The number of fused-ring (bicyclic) bond motifs is 3. The molecule has 1 aromatic heterocycles. The van der Waals surface area contributed by atoms with Crippen molar-refractivity contribution in [2.45, 2.75) is 38.8 Å². The van der Waals surface area contributed by atoms with E-state index in [1.807, 2.05) is 12.1 Å². The summed E-state index contributed by atoms with van der Waals surface area (Å²) in [5.74, 6) is 0.927. The van der Waals surface area contributed by atoms with Crippen molar-refractivity contribution in [3.63, 3.8) is 0 Å². The highest BCUT2D eigenvalue weighted by atomic mass is 32.1. The number of para-hydroxylation sites is 2. The van der Waals surface area contributed by atoms with Crippen molar-refractivity contribution in [1.29, 1.82) is 0 Å². The van der Waals surface area contributed by atoms with Gasteiger partial charge < -0.3 is 15.4 Å². The quantitative estimate of drug-likeness (QED) is 0.804. The Kier molecular flexibility index (Phi) is 5.37. The molecule has 2 atom stereocenters. The smallest absolute Gasteiger partial charge is 0.261 e. The zero-order chi connectivity index (χ0) is 19.7. The lowest BCUT2D eigenvalue weighted by atomic mass is 9.79. The van der Waals surface area contributed by atoms with Crippen LogP contribution in [0.1, 0.15) is 36.4 Å². The van der Waals surface area contributed by atoms with E-state index in [-0.39, 0.29) is 17.9 Å². The number of carbonyl (C=O) groups is 2. The van der Waals surface area contributed by atoms with Gasteiger partial charge in [-0.2, -0.15) is 0 Å². The SMILES string of the molecule is CC(=O)Nc1ccccc1Oc1ccc(C(=O)NC2C3CCN(CC3)C2C)s1. The van der Waals surface area contributed by atoms with Gasteiger partial charge in [-0.1, -0.05) is 23.5 Å². The van der Waals surface area contributed by atoms with Crippen LogP contribution in [0.3, 0.4) is 0 Å². The number of nitrogens with zero attached hydrogens (tertiary/aromatic N) is 1. The molecule has 2 amide bonds. The molecule has 5 rings (SSSR count). The lowest BCUT2D eigenvalue weighted by molar-refractivity contribution is -0.114. The first kappa shape index (κ1) is 19.0. The van der Waals surface area contributed by atoms with E-state index < -0.39 is 0 Å². The van der Waals surface area contributed by atoms with Gasteiger partial charge in [-0.25, -0.2) is 0 Å². The van der Waals surface area contributed by atoms with Crippen molar-refractivity contribution in [3.8, 4) is 10.8 Å². The highest BCUT2D eigenvalue weighted by Gasteiger charge is 2.40. The Morgan fingerprint density at radius 2 is 1.89 bits per heavy atom. The van der Waals surface area contributed by atoms with Crippen LogP contribution in [0.5, 0.6) is 10.8 Å². The Hall–Kier alpha value is -2.38. The largest absolute Gasteiger partial charge is 0.444 e. The number of nitrogens with one attached hydrogen (secondary N) is 2. The summed E-state index contributed by atoms with van der Waals surface area (Å²) >= 11 is 1.31. The highest BCUT2D eigenvalue weighted by molar-refractivity contribution is 7.15. The number of rotatable bonds is 5. The van der Waals surface area contributed by atoms with E-state index in [4.69, 9.17) is 4.74 Å². The minimum Gasteiger partial charge on any atom is -0.444 e. The second-order valence-corrected chi connectivity index (χ2v) is 8.56. The maximum Gasteiger partial charge on any atom is 0.261 e. The van der Waals surface area contributed by atoms with E-state index in [0.717, 1.165) is 25.9 Å². The summed E-state index contributed by atoms with van der Waals surface area (Å²) in [6.45, 7) is 5.95. The second-order valence-electron chi connectivity index (χ2n) is 7.51. The molecule has 7 heteroatoms. The summed E-state index contributed by atoms with van der Waals surface area (Å²) in [5.41, 5.74) is 0.607. The Bertz CT molecular complexity index is 871. The van der Waals surface area contributed by atoms with E-state index in [1.54, 1.807) is 24.3 Å². The van der Waals surface area contributed by atoms with E-state index >= 15 is 0 Å². The van der Waals surface area contributed by atoms with Gasteiger partial charge in [0.15, 0.2) is 10.8 Å². The lowest BCUT2D eigenvalue weighted by Crippen LogP contribution is -2.62. The van der Waals surface area contributed by atoms with Crippen molar-refractivity contribution in [1.82, 2.24) is 10.2 Å². The summed E-state index contributed by atoms with van der Waals surface area (Å²) in [6, 6.07) is 11.4. The molecule has 0 saturated carbocycles. The van der Waals surface area contributed by atoms with Crippen molar-refractivity contribution in [2.75, 3.05) is 18.4 Å². The van der Waals surface area contributed by atoms with Crippen molar-refractivity contribution < 1.29 is 14.3 Å². The maximum atomic E-state index is 12.8. The minimum atomic E-state index is -0.158. The Morgan fingerprint density at radius 1 is 1.14 bits per heavy atom. The topological polar surface area (TPSA) is 70.7 Å². The maximum absolute atomic E-state index is 12.8. The number of hydrogen-bond donors (Lipinski definition) is 2. The van der Waals surface area contributed by atoms with Crippen molar-refractivity contribution >= 4 is 28.8 Å². The molecule has 2 unspecified atom stereocenters. The minimum absolute atomic E-state index is 0.0411. The molecule has 2 N–H and O–H groups in total. The molecule has 148 valence electrons. The number of piperidine rings is 3. The number of benzene rings is 1. The average Bonchev–Trinajstić information content (AvgIpc) is 3.15.